The Bertz CT molecular complexity index is 809. The van der Waals surface area contributed by atoms with Crippen molar-refractivity contribution in [3.05, 3.63) is 60.2 Å². The highest BCUT2D eigenvalue weighted by molar-refractivity contribution is 5.72. The van der Waals surface area contributed by atoms with Crippen molar-refractivity contribution in [1.82, 2.24) is 14.9 Å². The van der Waals surface area contributed by atoms with Crippen LogP contribution in [0.25, 0.3) is 5.57 Å². The number of aliphatic carboxylic acids is 1. The first-order valence-electron chi connectivity index (χ1n) is 9.89. The highest BCUT2D eigenvalue weighted by Gasteiger charge is 2.18. The van der Waals surface area contributed by atoms with E-state index in [0.717, 1.165) is 43.1 Å². The van der Waals surface area contributed by atoms with E-state index in [2.05, 4.69) is 20.9 Å². The van der Waals surface area contributed by atoms with Gasteiger partial charge in [0.1, 0.15) is 12.4 Å². The maximum absolute atomic E-state index is 11.2. The van der Waals surface area contributed by atoms with Crippen molar-refractivity contribution >= 4 is 11.5 Å². The molecule has 0 spiro atoms. The van der Waals surface area contributed by atoms with Crippen LogP contribution < -0.4 is 4.74 Å². The van der Waals surface area contributed by atoms with E-state index >= 15 is 0 Å². The lowest BCUT2D eigenvalue weighted by molar-refractivity contribution is -0.149. The normalized spacial score (nSPS) is 15.6. The van der Waals surface area contributed by atoms with Gasteiger partial charge in [-0.25, -0.2) is 4.79 Å². The summed E-state index contributed by atoms with van der Waals surface area (Å²) in [4.78, 5) is 22.0. The third-order valence-corrected chi connectivity index (χ3v) is 4.85. The minimum atomic E-state index is -0.940. The Kier molecular flexibility index (Phi) is 7.72. The van der Waals surface area contributed by atoms with Crippen molar-refractivity contribution in [2.24, 2.45) is 0 Å². The number of hydrogen-bond donors (Lipinski definition) is 1. The zero-order valence-electron chi connectivity index (χ0n) is 16.7. The van der Waals surface area contributed by atoms with Crippen molar-refractivity contribution in [2.75, 3.05) is 32.8 Å². The number of carbonyl (C=O) groups is 1. The zero-order chi connectivity index (χ0) is 20.5. The van der Waals surface area contributed by atoms with Crippen LogP contribution in [0.1, 0.15) is 24.6 Å². The maximum atomic E-state index is 11.2. The molecule has 0 radical (unpaired) electrons. The van der Waals surface area contributed by atoms with Crippen LogP contribution in [-0.4, -0.2) is 64.9 Å². The van der Waals surface area contributed by atoms with Crippen molar-refractivity contribution < 1.29 is 19.4 Å². The number of aromatic nitrogens is 2. The molecule has 1 N–H and O–H groups in total. The van der Waals surface area contributed by atoms with Crippen LogP contribution in [0.4, 0.5) is 0 Å². The van der Waals surface area contributed by atoms with Gasteiger partial charge in [0, 0.05) is 45.1 Å². The van der Waals surface area contributed by atoms with Gasteiger partial charge in [0.25, 0.3) is 0 Å². The highest BCUT2D eigenvalue weighted by Crippen LogP contribution is 2.20. The Morgan fingerprint density at radius 1 is 1.28 bits per heavy atom. The maximum Gasteiger partial charge on any atom is 0.333 e. The summed E-state index contributed by atoms with van der Waals surface area (Å²) < 4.78 is 11.1. The van der Waals surface area contributed by atoms with Gasteiger partial charge in [0.2, 0.25) is 0 Å². The summed E-state index contributed by atoms with van der Waals surface area (Å²) >= 11 is 0. The van der Waals surface area contributed by atoms with E-state index in [-0.39, 0.29) is 0 Å². The summed E-state index contributed by atoms with van der Waals surface area (Å²) in [6, 6.07) is 7.53. The number of hydrogen-bond acceptors (Lipinski definition) is 6. The molecule has 0 saturated heterocycles. The second-order valence-corrected chi connectivity index (χ2v) is 6.85. The molecule has 0 bridgehead atoms. The van der Waals surface area contributed by atoms with Crippen LogP contribution in [0.2, 0.25) is 0 Å². The van der Waals surface area contributed by atoms with Gasteiger partial charge in [-0.3, -0.25) is 14.9 Å². The van der Waals surface area contributed by atoms with Crippen LogP contribution >= 0.6 is 0 Å². The molecule has 0 saturated carbocycles. The molecule has 1 aromatic carbocycles. The second kappa shape index (κ2) is 10.7. The third kappa shape index (κ3) is 6.37. The van der Waals surface area contributed by atoms with Gasteiger partial charge < -0.3 is 14.6 Å². The zero-order valence-corrected chi connectivity index (χ0v) is 16.7. The predicted octanol–water partition coefficient (Wildman–Crippen LogP) is 2.68. The summed E-state index contributed by atoms with van der Waals surface area (Å²) in [5.74, 6) is -0.157. The van der Waals surface area contributed by atoms with E-state index < -0.39 is 12.1 Å². The molecule has 2 heterocycles. The van der Waals surface area contributed by atoms with Crippen molar-refractivity contribution in [3.63, 3.8) is 0 Å². The van der Waals surface area contributed by atoms with Crippen LogP contribution in [0.3, 0.4) is 0 Å². The minimum absolute atomic E-state index is 0.345. The fourth-order valence-corrected chi connectivity index (χ4v) is 3.26. The summed E-state index contributed by atoms with van der Waals surface area (Å²) in [7, 11) is 0. The van der Waals surface area contributed by atoms with Crippen LogP contribution in [0, 0.1) is 0 Å². The Morgan fingerprint density at radius 3 is 2.72 bits per heavy atom. The smallest absolute Gasteiger partial charge is 0.333 e. The lowest BCUT2D eigenvalue weighted by Gasteiger charge is -2.25. The number of benzene rings is 1. The predicted molar refractivity (Wildman–Crippen MR) is 110 cm³/mol. The Balaban J connectivity index is 1.42. The lowest BCUT2D eigenvalue weighted by atomic mass is 10.1. The summed E-state index contributed by atoms with van der Waals surface area (Å²) in [6.07, 6.45) is 7.91. The Morgan fingerprint density at radius 2 is 2.10 bits per heavy atom. The number of ether oxygens (including phenoxy) is 2. The molecule has 0 fully saturated rings. The molecule has 1 aliphatic rings. The number of carboxylic acid groups (broad SMARTS) is 1. The molecular weight excluding hydrogens is 370 g/mol. The van der Waals surface area contributed by atoms with E-state index in [0.29, 0.717) is 19.6 Å². The standard InChI is InChI=1S/C22H27N3O4/c1-2-28-21(22(26)27)15-17-3-5-19(6-4-17)29-14-13-25-11-7-18(8-12-25)20-16-23-9-10-24-20/h3-7,9-10,16,21H,2,8,11-15H2,1H3,(H,26,27). The molecule has 154 valence electrons. The molecule has 7 heteroatoms. The largest absolute Gasteiger partial charge is 0.492 e. The Labute approximate surface area is 171 Å². The molecule has 29 heavy (non-hydrogen) atoms. The molecule has 2 aromatic rings. The van der Waals surface area contributed by atoms with Gasteiger partial charge >= 0.3 is 5.97 Å². The van der Waals surface area contributed by atoms with Gasteiger partial charge in [0.15, 0.2) is 6.10 Å². The van der Waals surface area contributed by atoms with Crippen molar-refractivity contribution in [1.29, 1.82) is 0 Å². The molecular formula is C22H27N3O4. The van der Waals surface area contributed by atoms with E-state index in [1.54, 1.807) is 25.5 Å². The average Bonchev–Trinajstić information content (AvgIpc) is 2.75. The lowest BCUT2D eigenvalue weighted by Crippen LogP contribution is -2.32. The van der Waals surface area contributed by atoms with Crippen LogP contribution in [0.5, 0.6) is 5.75 Å². The van der Waals surface area contributed by atoms with E-state index in [4.69, 9.17) is 9.47 Å². The SMILES string of the molecule is CCOC(Cc1ccc(OCCN2CC=C(c3cnccn3)CC2)cc1)C(=O)O. The third-order valence-electron chi connectivity index (χ3n) is 4.85. The number of nitrogens with zero attached hydrogens (tertiary/aromatic N) is 3. The average molecular weight is 397 g/mol. The molecule has 1 aliphatic heterocycles. The van der Waals surface area contributed by atoms with Gasteiger partial charge in [-0.05, 0) is 36.6 Å². The molecule has 3 rings (SSSR count). The molecule has 7 nitrogen and oxygen atoms in total. The highest BCUT2D eigenvalue weighted by atomic mass is 16.5. The first kappa shape index (κ1) is 21.0. The van der Waals surface area contributed by atoms with Gasteiger partial charge in [0.05, 0.1) is 11.9 Å². The van der Waals surface area contributed by atoms with E-state index in [1.807, 2.05) is 24.3 Å². The second-order valence-electron chi connectivity index (χ2n) is 6.85. The van der Waals surface area contributed by atoms with E-state index in [9.17, 15) is 9.90 Å². The fourth-order valence-electron chi connectivity index (χ4n) is 3.26. The van der Waals surface area contributed by atoms with Crippen molar-refractivity contribution in [2.45, 2.75) is 25.9 Å². The van der Waals surface area contributed by atoms with Gasteiger partial charge in [-0.1, -0.05) is 18.2 Å². The molecule has 1 aromatic heterocycles. The number of rotatable bonds is 10. The van der Waals surface area contributed by atoms with Crippen LogP contribution in [0.15, 0.2) is 48.9 Å². The molecule has 0 aliphatic carbocycles. The molecule has 1 unspecified atom stereocenters. The monoisotopic (exact) mass is 397 g/mol. The summed E-state index contributed by atoms with van der Waals surface area (Å²) in [5.41, 5.74) is 3.12. The van der Waals surface area contributed by atoms with E-state index in [1.165, 1.54) is 5.57 Å². The minimum Gasteiger partial charge on any atom is -0.492 e. The van der Waals surface area contributed by atoms with Crippen molar-refractivity contribution in [3.8, 4) is 5.75 Å². The van der Waals surface area contributed by atoms with Gasteiger partial charge in [-0.2, -0.15) is 0 Å². The first-order valence-corrected chi connectivity index (χ1v) is 9.89. The summed E-state index contributed by atoms with van der Waals surface area (Å²) in [6.45, 7) is 5.47. The molecule has 1 atom stereocenters. The fraction of sp³-hybridized carbons (Fsp3) is 0.409. The first-order chi connectivity index (χ1) is 14.2. The topological polar surface area (TPSA) is 84.8 Å². The van der Waals surface area contributed by atoms with Crippen LogP contribution in [-0.2, 0) is 16.0 Å². The Hall–Kier alpha value is -2.77. The quantitative estimate of drug-likeness (QED) is 0.660. The van der Waals surface area contributed by atoms with Gasteiger partial charge in [-0.15, -0.1) is 0 Å². The summed E-state index contributed by atoms with van der Waals surface area (Å²) in [5, 5.41) is 9.18. The molecule has 0 amide bonds. The number of carboxylic acids is 1.